The summed E-state index contributed by atoms with van der Waals surface area (Å²) in [5, 5.41) is 5.22. The smallest absolute Gasteiger partial charge is 0.407 e. The van der Waals surface area contributed by atoms with Gasteiger partial charge in [-0.25, -0.2) is 19.2 Å². The molecule has 0 saturated heterocycles. The molecule has 0 saturated carbocycles. The number of hydrogen-bond donors (Lipinski definition) is 2. The largest absolute Gasteiger partial charge is 0.458 e. The first-order chi connectivity index (χ1) is 16.0. The van der Waals surface area contributed by atoms with Crippen LogP contribution in [-0.4, -0.2) is 49.5 Å². The summed E-state index contributed by atoms with van der Waals surface area (Å²) in [7, 11) is 0. The Hall–Kier alpha value is -3.82. The van der Waals surface area contributed by atoms with Gasteiger partial charge in [0.25, 0.3) is 0 Å². The summed E-state index contributed by atoms with van der Waals surface area (Å²) in [6, 6.07) is 7.19. The van der Waals surface area contributed by atoms with Gasteiger partial charge in [0.05, 0.1) is 0 Å². The number of benzene rings is 1. The average Bonchev–Trinajstić information content (AvgIpc) is 2.78. The van der Waals surface area contributed by atoms with Crippen molar-refractivity contribution in [2.24, 2.45) is 0 Å². The standard InChI is InChI=1S/C24H32N2O8/c1-15(2)21(27)31-13-17(5)33-23(29)25-11-19-8-7-9-20(10-19)12-26-24(30)34-18(6)14-32-22(28)16(3)4/h7-10,17-18H,1,3,11-14H2,2,4-6H3,(H,25,29)(H,26,30). The SMILES string of the molecule is C=C(C)C(=O)OCC(C)OC(=O)NCc1cccc(CNC(=O)OC(C)COC(=O)C(=C)C)c1. The second-order valence-electron chi connectivity index (χ2n) is 7.72. The maximum Gasteiger partial charge on any atom is 0.407 e. The fraction of sp³-hybridized carbons (Fsp3) is 0.417. The van der Waals surface area contributed by atoms with E-state index in [1.165, 1.54) is 13.8 Å². The molecule has 186 valence electrons. The van der Waals surface area contributed by atoms with Crippen LogP contribution in [0.5, 0.6) is 0 Å². The average molecular weight is 477 g/mol. The highest BCUT2D eigenvalue weighted by molar-refractivity contribution is 5.87. The highest BCUT2D eigenvalue weighted by atomic mass is 16.6. The minimum Gasteiger partial charge on any atom is -0.458 e. The summed E-state index contributed by atoms with van der Waals surface area (Å²) in [5.74, 6) is -1.10. The van der Waals surface area contributed by atoms with Gasteiger partial charge >= 0.3 is 24.1 Å². The predicted molar refractivity (Wildman–Crippen MR) is 124 cm³/mol. The Kier molecular flexibility index (Phi) is 11.9. The van der Waals surface area contributed by atoms with Crippen LogP contribution in [0.1, 0.15) is 38.8 Å². The highest BCUT2D eigenvalue weighted by Crippen LogP contribution is 2.06. The van der Waals surface area contributed by atoms with Crippen LogP contribution < -0.4 is 10.6 Å². The van der Waals surface area contributed by atoms with E-state index in [0.717, 1.165) is 11.1 Å². The van der Waals surface area contributed by atoms with Crippen LogP contribution in [0.2, 0.25) is 0 Å². The maximum atomic E-state index is 11.9. The number of esters is 2. The minimum atomic E-state index is -0.660. The molecule has 0 aliphatic rings. The van der Waals surface area contributed by atoms with E-state index in [2.05, 4.69) is 23.8 Å². The van der Waals surface area contributed by atoms with Crippen LogP contribution >= 0.6 is 0 Å². The number of alkyl carbamates (subject to hydrolysis) is 2. The van der Waals surface area contributed by atoms with Crippen molar-refractivity contribution in [3.63, 3.8) is 0 Å². The molecule has 34 heavy (non-hydrogen) atoms. The molecule has 1 rings (SSSR count). The summed E-state index contributed by atoms with van der Waals surface area (Å²) in [5.41, 5.74) is 2.09. The first-order valence-electron chi connectivity index (χ1n) is 10.6. The van der Waals surface area contributed by atoms with Gasteiger partial charge < -0.3 is 29.6 Å². The summed E-state index contributed by atoms with van der Waals surface area (Å²) < 4.78 is 20.1. The van der Waals surface area contributed by atoms with Gasteiger partial charge in [-0.2, -0.15) is 0 Å². The molecule has 10 nitrogen and oxygen atoms in total. The molecule has 2 N–H and O–H groups in total. The molecule has 1 aromatic carbocycles. The van der Waals surface area contributed by atoms with Gasteiger partial charge in [0.15, 0.2) is 0 Å². The molecule has 0 heterocycles. The lowest BCUT2D eigenvalue weighted by atomic mass is 10.1. The number of rotatable bonds is 12. The number of ether oxygens (including phenoxy) is 4. The Morgan fingerprint density at radius 3 is 1.53 bits per heavy atom. The van der Waals surface area contributed by atoms with Gasteiger partial charge in [0.2, 0.25) is 0 Å². The second-order valence-corrected chi connectivity index (χ2v) is 7.72. The Morgan fingerprint density at radius 1 is 0.794 bits per heavy atom. The molecule has 0 spiro atoms. The van der Waals surface area contributed by atoms with Crippen molar-refractivity contribution in [1.82, 2.24) is 10.6 Å². The van der Waals surface area contributed by atoms with Crippen molar-refractivity contribution < 1.29 is 38.1 Å². The molecule has 2 atom stereocenters. The summed E-state index contributed by atoms with van der Waals surface area (Å²) in [6.45, 7) is 13.4. The quantitative estimate of drug-likeness (QED) is 0.267. The first kappa shape index (κ1) is 28.2. The molecule has 0 bridgehead atoms. The lowest BCUT2D eigenvalue weighted by Crippen LogP contribution is -2.30. The van der Waals surface area contributed by atoms with Crippen LogP contribution in [-0.2, 0) is 41.6 Å². The zero-order valence-corrected chi connectivity index (χ0v) is 20.0. The van der Waals surface area contributed by atoms with Crippen molar-refractivity contribution in [2.45, 2.75) is 53.0 Å². The molecule has 0 fully saturated rings. The monoisotopic (exact) mass is 476 g/mol. The normalized spacial score (nSPS) is 11.9. The molecule has 1 aromatic rings. The third-order valence-electron chi connectivity index (χ3n) is 4.08. The molecular weight excluding hydrogens is 444 g/mol. The van der Waals surface area contributed by atoms with E-state index in [1.807, 2.05) is 0 Å². The van der Waals surface area contributed by atoms with E-state index in [4.69, 9.17) is 18.9 Å². The number of hydrogen-bond acceptors (Lipinski definition) is 8. The van der Waals surface area contributed by atoms with Gasteiger partial charge in [-0.3, -0.25) is 0 Å². The Morgan fingerprint density at radius 2 is 1.18 bits per heavy atom. The zero-order valence-electron chi connectivity index (χ0n) is 20.0. The fourth-order valence-corrected chi connectivity index (χ4v) is 2.35. The van der Waals surface area contributed by atoms with Crippen LogP contribution in [0, 0.1) is 0 Å². The molecule has 10 heteroatoms. The number of amides is 2. The second kappa shape index (κ2) is 14.4. The number of carbonyl (C=O) groups is 4. The van der Waals surface area contributed by atoms with Gasteiger partial charge in [-0.05, 0) is 38.8 Å². The predicted octanol–water partition coefficient (Wildman–Crippen LogP) is 3.15. The Balaban J connectivity index is 2.39. The van der Waals surface area contributed by atoms with E-state index >= 15 is 0 Å². The summed E-state index contributed by atoms with van der Waals surface area (Å²) in [4.78, 5) is 46.6. The van der Waals surface area contributed by atoms with Crippen molar-refractivity contribution in [3.05, 3.63) is 59.7 Å². The third-order valence-corrected chi connectivity index (χ3v) is 4.08. The van der Waals surface area contributed by atoms with Gasteiger partial charge in [0.1, 0.15) is 25.4 Å². The van der Waals surface area contributed by atoms with Crippen LogP contribution in [0.25, 0.3) is 0 Å². The van der Waals surface area contributed by atoms with Gasteiger partial charge in [-0.15, -0.1) is 0 Å². The topological polar surface area (TPSA) is 129 Å². The van der Waals surface area contributed by atoms with Crippen LogP contribution in [0.4, 0.5) is 9.59 Å². The van der Waals surface area contributed by atoms with Crippen molar-refractivity contribution in [2.75, 3.05) is 13.2 Å². The zero-order chi connectivity index (χ0) is 25.7. The van der Waals surface area contributed by atoms with Crippen LogP contribution in [0.15, 0.2) is 48.6 Å². The minimum absolute atomic E-state index is 0.0781. The molecule has 0 radical (unpaired) electrons. The van der Waals surface area contributed by atoms with Crippen LogP contribution in [0.3, 0.4) is 0 Å². The maximum absolute atomic E-state index is 11.9. The van der Waals surface area contributed by atoms with Gasteiger partial charge in [0, 0.05) is 24.2 Å². The number of nitrogens with one attached hydrogen (secondary N) is 2. The fourth-order valence-electron chi connectivity index (χ4n) is 2.35. The molecule has 2 unspecified atom stereocenters. The van der Waals surface area contributed by atoms with E-state index in [9.17, 15) is 19.2 Å². The van der Waals surface area contributed by atoms with Gasteiger partial charge in [-0.1, -0.05) is 37.4 Å². The lowest BCUT2D eigenvalue weighted by Gasteiger charge is -2.15. The Bertz CT molecular complexity index is 843. The molecule has 0 aliphatic heterocycles. The van der Waals surface area contributed by atoms with E-state index in [-0.39, 0.29) is 37.4 Å². The van der Waals surface area contributed by atoms with E-state index < -0.39 is 36.3 Å². The summed E-state index contributed by atoms with van der Waals surface area (Å²) in [6.07, 6.45) is -2.58. The molecule has 2 amide bonds. The van der Waals surface area contributed by atoms with Crippen molar-refractivity contribution in [3.8, 4) is 0 Å². The van der Waals surface area contributed by atoms with E-state index in [1.54, 1.807) is 38.1 Å². The van der Waals surface area contributed by atoms with Crippen molar-refractivity contribution in [1.29, 1.82) is 0 Å². The molecular formula is C24H32N2O8. The van der Waals surface area contributed by atoms with Crippen molar-refractivity contribution >= 4 is 24.1 Å². The highest BCUT2D eigenvalue weighted by Gasteiger charge is 2.14. The molecule has 0 aromatic heterocycles. The lowest BCUT2D eigenvalue weighted by molar-refractivity contribution is -0.142. The first-order valence-corrected chi connectivity index (χ1v) is 10.6. The third kappa shape index (κ3) is 11.7. The van der Waals surface area contributed by atoms with E-state index in [0.29, 0.717) is 0 Å². The number of carbonyl (C=O) groups excluding carboxylic acids is 4. The Labute approximate surface area is 199 Å². The molecule has 0 aliphatic carbocycles. The summed E-state index contributed by atoms with van der Waals surface area (Å²) >= 11 is 0.